The Labute approximate surface area is 148 Å². The van der Waals surface area contributed by atoms with E-state index in [9.17, 15) is 9.59 Å². The molecule has 1 aromatic carbocycles. The Kier molecular flexibility index (Phi) is 6.07. The molecule has 0 radical (unpaired) electrons. The number of nitrogens with one attached hydrogen (secondary N) is 1. The molecule has 0 aliphatic carbocycles. The van der Waals surface area contributed by atoms with Gasteiger partial charge in [0.2, 0.25) is 5.91 Å². The quantitative estimate of drug-likeness (QED) is 0.889. The van der Waals surface area contributed by atoms with Crippen molar-refractivity contribution in [3.63, 3.8) is 0 Å². The van der Waals surface area contributed by atoms with Gasteiger partial charge >= 0.3 is 0 Å². The molecule has 2 amide bonds. The second kappa shape index (κ2) is 7.85. The van der Waals surface area contributed by atoms with Crippen LogP contribution in [0, 0.1) is 0 Å². The number of carbonyl (C=O) groups excluding carboxylic acids is 2. The first-order valence-electron chi connectivity index (χ1n) is 8.11. The van der Waals surface area contributed by atoms with Crippen molar-refractivity contribution in [3.05, 3.63) is 24.3 Å². The molecule has 6 nitrogen and oxygen atoms in total. The molecule has 132 valence electrons. The van der Waals surface area contributed by atoms with Gasteiger partial charge in [-0.3, -0.25) is 9.59 Å². The topological polar surface area (TPSA) is 61.9 Å². The fourth-order valence-electron chi connectivity index (χ4n) is 3.15. The first-order chi connectivity index (χ1) is 11.1. The minimum Gasteiger partial charge on any atom is -0.479 e. The van der Waals surface area contributed by atoms with Crippen LogP contribution in [0.15, 0.2) is 24.3 Å². The molecule has 3 rings (SSSR count). The minimum absolute atomic E-state index is 0. The van der Waals surface area contributed by atoms with E-state index in [0.29, 0.717) is 18.7 Å². The zero-order chi connectivity index (χ0) is 16.4. The summed E-state index contributed by atoms with van der Waals surface area (Å²) in [6.45, 7) is 3.92. The van der Waals surface area contributed by atoms with Crippen molar-refractivity contribution in [2.45, 2.75) is 31.9 Å². The number of nitrogens with zero attached hydrogens (tertiary/aromatic N) is 2. The van der Waals surface area contributed by atoms with Gasteiger partial charge in [0, 0.05) is 32.6 Å². The van der Waals surface area contributed by atoms with Crippen molar-refractivity contribution >= 4 is 29.9 Å². The van der Waals surface area contributed by atoms with Crippen molar-refractivity contribution in [3.8, 4) is 5.75 Å². The molecule has 24 heavy (non-hydrogen) atoms. The number of hydrogen-bond donors (Lipinski definition) is 1. The van der Waals surface area contributed by atoms with Crippen LogP contribution in [0.1, 0.15) is 19.8 Å². The van der Waals surface area contributed by atoms with Crippen LogP contribution in [0.3, 0.4) is 0 Å². The third-order valence-corrected chi connectivity index (χ3v) is 4.60. The molecule has 0 spiro atoms. The SMILES string of the molecule is CC1Oc2ccccc2N(CCC(=O)N(C)C2CCNC2)C1=O.Cl. The van der Waals surface area contributed by atoms with E-state index < -0.39 is 6.10 Å². The monoisotopic (exact) mass is 353 g/mol. The lowest BCUT2D eigenvalue weighted by atomic mass is 10.1. The second-order valence-electron chi connectivity index (χ2n) is 6.12. The summed E-state index contributed by atoms with van der Waals surface area (Å²) in [7, 11) is 1.84. The number of amides is 2. The van der Waals surface area contributed by atoms with Crippen molar-refractivity contribution < 1.29 is 14.3 Å². The highest BCUT2D eigenvalue weighted by Crippen LogP contribution is 2.33. The Morgan fingerprint density at radius 2 is 2.17 bits per heavy atom. The molecule has 1 N–H and O–H groups in total. The molecule has 2 aliphatic heterocycles. The Bertz CT molecular complexity index is 604. The Hall–Kier alpha value is -1.79. The van der Waals surface area contributed by atoms with Gasteiger partial charge in [-0.15, -0.1) is 12.4 Å². The summed E-state index contributed by atoms with van der Waals surface area (Å²) in [6, 6.07) is 7.72. The van der Waals surface area contributed by atoms with E-state index >= 15 is 0 Å². The van der Waals surface area contributed by atoms with Gasteiger partial charge in [0.05, 0.1) is 5.69 Å². The van der Waals surface area contributed by atoms with Gasteiger partial charge in [0.25, 0.3) is 5.91 Å². The maximum atomic E-state index is 12.4. The number of para-hydroxylation sites is 2. The van der Waals surface area contributed by atoms with E-state index in [4.69, 9.17) is 4.74 Å². The minimum atomic E-state index is -0.517. The molecule has 2 heterocycles. The Morgan fingerprint density at radius 1 is 1.42 bits per heavy atom. The molecule has 0 bridgehead atoms. The molecule has 2 unspecified atom stereocenters. The van der Waals surface area contributed by atoms with Gasteiger partial charge in [0.1, 0.15) is 5.75 Å². The molecular weight excluding hydrogens is 330 g/mol. The van der Waals surface area contributed by atoms with Crippen molar-refractivity contribution in [2.75, 3.05) is 31.6 Å². The van der Waals surface area contributed by atoms with Crippen LogP contribution < -0.4 is 15.0 Å². The smallest absolute Gasteiger partial charge is 0.267 e. The second-order valence-corrected chi connectivity index (χ2v) is 6.12. The van der Waals surface area contributed by atoms with Crippen LogP contribution in [0.25, 0.3) is 0 Å². The zero-order valence-electron chi connectivity index (χ0n) is 14.0. The number of carbonyl (C=O) groups is 2. The van der Waals surface area contributed by atoms with Crippen molar-refractivity contribution in [1.82, 2.24) is 10.2 Å². The summed E-state index contributed by atoms with van der Waals surface area (Å²) in [4.78, 5) is 28.3. The summed E-state index contributed by atoms with van der Waals surface area (Å²) in [6.07, 6.45) is 0.787. The molecule has 1 fully saturated rings. The Morgan fingerprint density at radius 3 is 2.88 bits per heavy atom. The predicted octanol–water partition coefficient (Wildman–Crippen LogP) is 1.43. The summed E-state index contributed by atoms with van der Waals surface area (Å²) in [5, 5.41) is 3.26. The number of anilines is 1. The average Bonchev–Trinajstić information content (AvgIpc) is 3.08. The zero-order valence-corrected chi connectivity index (χ0v) is 14.8. The standard InChI is InChI=1S/C17H23N3O3.ClH/c1-12-17(22)20(14-5-3-4-6-15(14)23-12)10-8-16(21)19(2)13-7-9-18-11-13;/h3-6,12-13,18H,7-11H2,1-2H3;1H. The molecule has 7 heteroatoms. The maximum absolute atomic E-state index is 12.4. The van der Waals surface area contributed by atoms with Crippen LogP contribution in [0.2, 0.25) is 0 Å². The summed E-state index contributed by atoms with van der Waals surface area (Å²) in [5.41, 5.74) is 0.744. The fourth-order valence-corrected chi connectivity index (χ4v) is 3.15. The number of benzene rings is 1. The highest BCUT2D eigenvalue weighted by atomic mass is 35.5. The van der Waals surface area contributed by atoms with Crippen LogP contribution in [-0.2, 0) is 9.59 Å². The molecule has 2 atom stereocenters. The summed E-state index contributed by atoms with van der Waals surface area (Å²) >= 11 is 0. The molecule has 0 aromatic heterocycles. The van der Waals surface area contributed by atoms with E-state index in [1.54, 1.807) is 16.7 Å². The van der Waals surface area contributed by atoms with Gasteiger partial charge in [-0.2, -0.15) is 0 Å². The number of halogens is 1. The highest BCUT2D eigenvalue weighted by molar-refractivity contribution is 6.00. The van der Waals surface area contributed by atoms with E-state index in [0.717, 1.165) is 25.2 Å². The van der Waals surface area contributed by atoms with Gasteiger partial charge in [-0.05, 0) is 32.0 Å². The van der Waals surface area contributed by atoms with Gasteiger partial charge in [-0.25, -0.2) is 0 Å². The summed E-state index contributed by atoms with van der Waals surface area (Å²) in [5.74, 6) is 0.671. The fraction of sp³-hybridized carbons (Fsp3) is 0.529. The van der Waals surface area contributed by atoms with Crippen LogP contribution in [-0.4, -0.2) is 55.5 Å². The highest BCUT2D eigenvalue weighted by Gasteiger charge is 2.32. The van der Waals surface area contributed by atoms with E-state index in [-0.39, 0.29) is 30.3 Å². The number of hydrogen-bond acceptors (Lipinski definition) is 4. The average molecular weight is 354 g/mol. The van der Waals surface area contributed by atoms with Crippen molar-refractivity contribution in [2.24, 2.45) is 0 Å². The number of likely N-dealkylation sites (N-methyl/N-ethyl adjacent to an activating group) is 1. The number of rotatable bonds is 4. The third kappa shape index (κ3) is 3.65. The molecule has 0 saturated carbocycles. The van der Waals surface area contributed by atoms with Gasteiger partial charge in [-0.1, -0.05) is 12.1 Å². The first kappa shape index (κ1) is 18.5. The number of ether oxygens (including phenoxy) is 1. The molecule has 2 aliphatic rings. The Balaban J connectivity index is 0.00000208. The van der Waals surface area contributed by atoms with Crippen molar-refractivity contribution in [1.29, 1.82) is 0 Å². The molecule has 1 aromatic rings. The van der Waals surface area contributed by atoms with E-state index in [1.165, 1.54) is 0 Å². The van der Waals surface area contributed by atoms with Gasteiger partial charge < -0.3 is 19.9 Å². The normalized spacial score (nSPS) is 22.4. The molecule has 1 saturated heterocycles. The maximum Gasteiger partial charge on any atom is 0.267 e. The number of fused-ring (bicyclic) bond motifs is 1. The van der Waals surface area contributed by atoms with Crippen LogP contribution in [0.4, 0.5) is 5.69 Å². The third-order valence-electron chi connectivity index (χ3n) is 4.60. The largest absolute Gasteiger partial charge is 0.479 e. The molecular formula is C17H24ClN3O3. The van der Waals surface area contributed by atoms with E-state index in [1.807, 2.05) is 31.3 Å². The predicted molar refractivity (Wildman–Crippen MR) is 94.8 cm³/mol. The van der Waals surface area contributed by atoms with Crippen LogP contribution in [0.5, 0.6) is 5.75 Å². The summed E-state index contributed by atoms with van der Waals surface area (Å²) < 4.78 is 5.62. The lowest BCUT2D eigenvalue weighted by molar-refractivity contribution is -0.131. The lowest BCUT2D eigenvalue weighted by Gasteiger charge is -2.33. The van der Waals surface area contributed by atoms with E-state index in [2.05, 4.69) is 5.32 Å². The van der Waals surface area contributed by atoms with Crippen LogP contribution >= 0.6 is 12.4 Å². The lowest BCUT2D eigenvalue weighted by Crippen LogP contribution is -2.46. The first-order valence-corrected chi connectivity index (χ1v) is 8.11. The van der Waals surface area contributed by atoms with Gasteiger partial charge in [0.15, 0.2) is 6.10 Å².